The standard InChI is InChI=1S/C7H13NO3/c1-10-7(11-2)4-3-6(9)8-5-7/h3-5H2,1-2H3,(H,8,9). The predicted molar refractivity (Wildman–Crippen MR) is 39.0 cm³/mol. The Bertz CT molecular complexity index is 142. The van der Waals surface area contributed by atoms with Gasteiger partial charge in [-0.2, -0.15) is 0 Å². The van der Waals surface area contributed by atoms with Crippen molar-refractivity contribution >= 4 is 5.91 Å². The smallest absolute Gasteiger partial charge is 0.220 e. The minimum atomic E-state index is -0.589. The molecule has 0 spiro atoms. The molecule has 0 bridgehead atoms. The molecule has 4 nitrogen and oxygen atoms in total. The highest BCUT2D eigenvalue weighted by Crippen LogP contribution is 2.20. The van der Waals surface area contributed by atoms with Gasteiger partial charge in [-0.15, -0.1) is 0 Å². The number of amides is 1. The molecule has 1 N–H and O–H groups in total. The molecule has 1 saturated heterocycles. The number of piperidine rings is 1. The number of rotatable bonds is 2. The number of ether oxygens (including phenoxy) is 2. The van der Waals surface area contributed by atoms with E-state index in [-0.39, 0.29) is 5.91 Å². The van der Waals surface area contributed by atoms with Crippen molar-refractivity contribution in [2.75, 3.05) is 20.8 Å². The van der Waals surface area contributed by atoms with Crippen LogP contribution in [0.15, 0.2) is 0 Å². The van der Waals surface area contributed by atoms with E-state index in [1.807, 2.05) is 0 Å². The largest absolute Gasteiger partial charge is 0.351 e. The van der Waals surface area contributed by atoms with Crippen LogP contribution in [0.25, 0.3) is 0 Å². The molecule has 4 heteroatoms. The van der Waals surface area contributed by atoms with Crippen LogP contribution < -0.4 is 5.32 Å². The average Bonchev–Trinajstić information content (AvgIpc) is 2.07. The van der Waals surface area contributed by atoms with E-state index in [1.165, 1.54) is 0 Å². The Balaban J connectivity index is 2.52. The number of hydrogen-bond acceptors (Lipinski definition) is 3. The minimum Gasteiger partial charge on any atom is -0.351 e. The molecule has 0 unspecified atom stereocenters. The number of carbonyl (C=O) groups excluding carboxylic acids is 1. The lowest BCUT2D eigenvalue weighted by molar-refractivity contribution is -0.214. The number of hydrogen-bond donors (Lipinski definition) is 1. The summed E-state index contributed by atoms with van der Waals surface area (Å²) in [4.78, 5) is 10.8. The van der Waals surface area contributed by atoms with Gasteiger partial charge in [-0.05, 0) is 0 Å². The Hall–Kier alpha value is -0.610. The Morgan fingerprint density at radius 1 is 1.45 bits per heavy atom. The van der Waals surface area contributed by atoms with Gasteiger partial charge in [0.2, 0.25) is 5.91 Å². The molecule has 1 aliphatic rings. The number of methoxy groups -OCH3 is 2. The Kier molecular flexibility index (Phi) is 2.46. The zero-order valence-electron chi connectivity index (χ0n) is 6.85. The highest BCUT2D eigenvalue weighted by Gasteiger charge is 2.34. The second-order valence-corrected chi connectivity index (χ2v) is 2.60. The molecule has 1 fully saturated rings. The quantitative estimate of drug-likeness (QED) is 0.572. The number of nitrogens with one attached hydrogen (secondary N) is 1. The fourth-order valence-electron chi connectivity index (χ4n) is 1.15. The van der Waals surface area contributed by atoms with Gasteiger partial charge in [0.1, 0.15) is 0 Å². The maximum absolute atomic E-state index is 10.8. The lowest BCUT2D eigenvalue weighted by Crippen LogP contribution is -2.50. The third kappa shape index (κ3) is 1.70. The van der Waals surface area contributed by atoms with Crippen molar-refractivity contribution < 1.29 is 14.3 Å². The fourth-order valence-corrected chi connectivity index (χ4v) is 1.15. The van der Waals surface area contributed by atoms with Crippen LogP contribution in [0.4, 0.5) is 0 Å². The topological polar surface area (TPSA) is 47.6 Å². The molecule has 64 valence electrons. The van der Waals surface area contributed by atoms with Gasteiger partial charge in [0.25, 0.3) is 0 Å². The second kappa shape index (κ2) is 3.19. The van der Waals surface area contributed by atoms with Crippen molar-refractivity contribution in [3.8, 4) is 0 Å². The van der Waals surface area contributed by atoms with E-state index in [9.17, 15) is 4.79 Å². The minimum absolute atomic E-state index is 0.0646. The molecule has 11 heavy (non-hydrogen) atoms. The molecule has 0 aliphatic carbocycles. The van der Waals surface area contributed by atoms with Gasteiger partial charge in [0.15, 0.2) is 5.79 Å². The molecular weight excluding hydrogens is 146 g/mol. The SMILES string of the molecule is COC1(OC)CCC(=O)NC1. The van der Waals surface area contributed by atoms with Crippen molar-refractivity contribution in [3.05, 3.63) is 0 Å². The first-order valence-electron chi connectivity index (χ1n) is 3.59. The van der Waals surface area contributed by atoms with Crippen LogP contribution in [0.3, 0.4) is 0 Å². The molecular formula is C7H13NO3. The molecule has 0 saturated carbocycles. The summed E-state index contributed by atoms with van der Waals surface area (Å²) in [5.74, 6) is -0.525. The Labute approximate surface area is 65.9 Å². The van der Waals surface area contributed by atoms with E-state index in [4.69, 9.17) is 9.47 Å². The summed E-state index contributed by atoms with van der Waals surface area (Å²) >= 11 is 0. The van der Waals surface area contributed by atoms with Crippen molar-refractivity contribution in [2.45, 2.75) is 18.6 Å². The molecule has 0 atom stereocenters. The summed E-state index contributed by atoms with van der Waals surface area (Å²) in [6, 6.07) is 0. The van der Waals surface area contributed by atoms with Crippen LogP contribution in [0, 0.1) is 0 Å². The normalized spacial score (nSPS) is 22.9. The Morgan fingerprint density at radius 3 is 2.45 bits per heavy atom. The molecule has 1 rings (SSSR count). The summed E-state index contributed by atoms with van der Waals surface area (Å²) < 4.78 is 10.3. The van der Waals surface area contributed by atoms with Gasteiger partial charge in [0.05, 0.1) is 6.54 Å². The van der Waals surface area contributed by atoms with Gasteiger partial charge in [-0.3, -0.25) is 4.79 Å². The summed E-state index contributed by atoms with van der Waals surface area (Å²) in [5, 5.41) is 2.69. The highest BCUT2D eigenvalue weighted by atomic mass is 16.7. The molecule has 0 radical (unpaired) electrons. The van der Waals surface area contributed by atoms with E-state index in [0.29, 0.717) is 19.4 Å². The van der Waals surface area contributed by atoms with E-state index in [2.05, 4.69) is 5.32 Å². The zero-order valence-corrected chi connectivity index (χ0v) is 6.85. The van der Waals surface area contributed by atoms with E-state index < -0.39 is 5.79 Å². The average molecular weight is 159 g/mol. The lowest BCUT2D eigenvalue weighted by atomic mass is 10.1. The van der Waals surface area contributed by atoms with Gasteiger partial charge >= 0.3 is 0 Å². The molecule has 1 aliphatic heterocycles. The lowest BCUT2D eigenvalue weighted by Gasteiger charge is -2.34. The summed E-state index contributed by atoms with van der Waals surface area (Å²) in [6.45, 7) is 0.443. The van der Waals surface area contributed by atoms with Crippen LogP contribution in [-0.4, -0.2) is 32.5 Å². The van der Waals surface area contributed by atoms with Crippen LogP contribution in [0.1, 0.15) is 12.8 Å². The molecule has 0 aromatic heterocycles. The first kappa shape index (κ1) is 8.49. The van der Waals surface area contributed by atoms with Crippen LogP contribution in [0.5, 0.6) is 0 Å². The third-order valence-electron chi connectivity index (χ3n) is 2.03. The van der Waals surface area contributed by atoms with Crippen molar-refractivity contribution in [3.63, 3.8) is 0 Å². The number of carbonyl (C=O) groups is 1. The van der Waals surface area contributed by atoms with E-state index in [1.54, 1.807) is 14.2 Å². The molecule has 1 amide bonds. The maximum Gasteiger partial charge on any atom is 0.220 e. The molecule has 1 heterocycles. The van der Waals surface area contributed by atoms with Crippen LogP contribution in [0.2, 0.25) is 0 Å². The monoisotopic (exact) mass is 159 g/mol. The van der Waals surface area contributed by atoms with Crippen molar-refractivity contribution in [2.24, 2.45) is 0 Å². The first-order chi connectivity index (χ1) is 5.22. The van der Waals surface area contributed by atoms with Gasteiger partial charge in [-0.1, -0.05) is 0 Å². The highest BCUT2D eigenvalue weighted by molar-refractivity contribution is 5.76. The summed E-state index contributed by atoms with van der Waals surface area (Å²) in [7, 11) is 3.17. The fraction of sp³-hybridized carbons (Fsp3) is 0.857. The van der Waals surface area contributed by atoms with E-state index >= 15 is 0 Å². The van der Waals surface area contributed by atoms with Gasteiger partial charge < -0.3 is 14.8 Å². The van der Waals surface area contributed by atoms with E-state index in [0.717, 1.165) is 0 Å². The van der Waals surface area contributed by atoms with Crippen LogP contribution in [-0.2, 0) is 14.3 Å². The first-order valence-corrected chi connectivity index (χ1v) is 3.59. The maximum atomic E-state index is 10.8. The Morgan fingerprint density at radius 2 is 2.09 bits per heavy atom. The van der Waals surface area contributed by atoms with Crippen LogP contribution >= 0.6 is 0 Å². The van der Waals surface area contributed by atoms with Crippen molar-refractivity contribution in [1.29, 1.82) is 0 Å². The predicted octanol–water partition coefficient (Wildman–Crippen LogP) is -0.114. The van der Waals surface area contributed by atoms with Crippen molar-refractivity contribution in [1.82, 2.24) is 5.32 Å². The van der Waals surface area contributed by atoms with Gasteiger partial charge in [0, 0.05) is 27.1 Å². The third-order valence-corrected chi connectivity index (χ3v) is 2.03. The molecule has 0 aromatic rings. The molecule has 0 aromatic carbocycles. The zero-order chi connectivity index (χ0) is 8.32. The van der Waals surface area contributed by atoms with Gasteiger partial charge in [-0.25, -0.2) is 0 Å². The summed E-state index contributed by atoms with van der Waals surface area (Å²) in [5.41, 5.74) is 0. The summed E-state index contributed by atoms with van der Waals surface area (Å²) in [6.07, 6.45) is 1.10. The second-order valence-electron chi connectivity index (χ2n) is 2.60.